The maximum atomic E-state index is 12.9. The summed E-state index contributed by atoms with van der Waals surface area (Å²) in [7, 11) is 3.25. The minimum atomic E-state index is -0.645. The van der Waals surface area contributed by atoms with Crippen LogP contribution in [0.25, 0.3) is 0 Å². The van der Waals surface area contributed by atoms with Crippen LogP contribution in [-0.4, -0.2) is 42.3 Å². The molecule has 0 aliphatic carbocycles. The van der Waals surface area contributed by atoms with Crippen LogP contribution in [0.5, 0.6) is 0 Å². The molecule has 5 nitrogen and oxygen atoms in total. The summed E-state index contributed by atoms with van der Waals surface area (Å²) < 4.78 is 12.9. The van der Waals surface area contributed by atoms with Gasteiger partial charge in [0.25, 0.3) is 5.91 Å². The summed E-state index contributed by atoms with van der Waals surface area (Å²) in [6.07, 6.45) is 1.09. The highest BCUT2D eigenvalue weighted by Crippen LogP contribution is 2.13. The molecule has 2 amide bonds. The Morgan fingerprint density at radius 2 is 2.17 bits per heavy atom. The van der Waals surface area contributed by atoms with Gasteiger partial charge < -0.3 is 10.2 Å². The molecule has 98 valence electrons. The first-order chi connectivity index (χ1) is 8.41. The fraction of sp³-hybridized carbons (Fsp3) is 0.364. The number of hydrogen-bond donors (Lipinski definition) is 1. The number of carbonyl (C=O) groups excluding carboxylic acids is 2. The Morgan fingerprint density at radius 3 is 2.78 bits per heavy atom. The predicted octanol–water partition coefficient (Wildman–Crippen LogP) is 1.08. The third-order valence-corrected chi connectivity index (χ3v) is 2.47. The van der Waals surface area contributed by atoms with Gasteiger partial charge in [-0.15, -0.1) is 0 Å². The van der Waals surface area contributed by atoms with Gasteiger partial charge in [-0.1, -0.05) is 11.6 Å². The Labute approximate surface area is 109 Å². The van der Waals surface area contributed by atoms with Gasteiger partial charge in [0.05, 0.1) is 11.8 Å². The Morgan fingerprint density at radius 1 is 1.50 bits per heavy atom. The van der Waals surface area contributed by atoms with Crippen molar-refractivity contribution < 1.29 is 14.0 Å². The van der Waals surface area contributed by atoms with E-state index in [2.05, 4.69) is 10.3 Å². The molecule has 0 saturated heterocycles. The molecule has 0 aromatic carbocycles. The molecular formula is C11H13ClFN3O2. The Balaban J connectivity index is 2.56. The average molecular weight is 274 g/mol. The van der Waals surface area contributed by atoms with Gasteiger partial charge in [-0.05, 0) is 6.07 Å². The van der Waals surface area contributed by atoms with Crippen LogP contribution in [0, 0.1) is 5.82 Å². The van der Waals surface area contributed by atoms with Crippen LogP contribution in [0.15, 0.2) is 12.3 Å². The summed E-state index contributed by atoms with van der Waals surface area (Å²) in [6.45, 7) is 0.155. The average Bonchev–Trinajstić information content (AvgIpc) is 2.31. The zero-order valence-electron chi connectivity index (χ0n) is 10.0. The van der Waals surface area contributed by atoms with Gasteiger partial charge in [-0.25, -0.2) is 9.37 Å². The van der Waals surface area contributed by atoms with E-state index in [1.165, 1.54) is 4.90 Å². The van der Waals surface area contributed by atoms with Crippen molar-refractivity contribution in [2.24, 2.45) is 0 Å². The lowest BCUT2D eigenvalue weighted by Gasteiger charge is -2.10. The number of halogens is 2. The highest BCUT2D eigenvalue weighted by atomic mass is 35.5. The topological polar surface area (TPSA) is 62.3 Å². The fourth-order valence-corrected chi connectivity index (χ4v) is 1.37. The number of amides is 2. The lowest BCUT2D eigenvalue weighted by atomic mass is 10.2. The van der Waals surface area contributed by atoms with E-state index < -0.39 is 11.7 Å². The van der Waals surface area contributed by atoms with Crippen LogP contribution in [0.1, 0.15) is 16.8 Å². The number of nitrogens with one attached hydrogen (secondary N) is 1. The number of carbonyl (C=O) groups is 2. The van der Waals surface area contributed by atoms with Crippen molar-refractivity contribution in [1.29, 1.82) is 0 Å². The second-order valence-electron chi connectivity index (χ2n) is 3.79. The first-order valence-corrected chi connectivity index (χ1v) is 5.59. The second-order valence-corrected chi connectivity index (χ2v) is 4.14. The molecule has 1 N–H and O–H groups in total. The molecule has 0 radical (unpaired) electrons. The molecule has 1 aromatic rings. The van der Waals surface area contributed by atoms with Crippen molar-refractivity contribution in [2.45, 2.75) is 6.42 Å². The predicted molar refractivity (Wildman–Crippen MR) is 64.8 cm³/mol. The van der Waals surface area contributed by atoms with Gasteiger partial charge in [0, 0.05) is 27.1 Å². The largest absolute Gasteiger partial charge is 0.351 e. The second kappa shape index (κ2) is 6.30. The molecule has 1 rings (SSSR count). The fourth-order valence-electron chi connectivity index (χ4n) is 1.18. The van der Waals surface area contributed by atoms with E-state index in [1.807, 2.05) is 0 Å². The van der Waals surface area contributed by atoms with E-state index in [4.69, 9.17) is 11.6 Å². The third-order valence-electron chi connectivity index (χ3n) is 2.17. The van der Waals surface area contributed by atoms with Crippen LogP contribution in [0.3, 0.4) is 0 Å². The lowest BCUT2D eigenvalue weighted by Crippen LogP contribution is -2.30. The lowest BCUT2D eigenvalue weighted by molar-refractivity contribution is -0.128. The highest BCUT2D eigenvalue weighted by Gasteiger charge is 2.13. The van der Waals surface area contributed by atoms with Gasteiger partial charge in [-0.3, -0.25) is 9.59 Å². The zero-order chi connectivity index (χ0) is 13.7. The summed E-state index contributed by atoms with van der Waals surface area (Å²) in [5.41, 5.74) is -0.0473. The Bertz CT molecular complexity index is 466. The zero-order valence-corrected chi connectivity index (χ0v) is 10.8. The molecule has 0 aliphatic heterocycles. The maximum Gasteiger partial charge on any atom is 0.254 e. The Hall–Kier alpha value is -1.69. The standard InChI is InChI=1S/C11H13ClFN3O2/c1-16(2)9(17)3-4-14-11(18)8-5-7(13)6-15-10(8)12/h5-6H,3-4H2,1-2H3,(H,14,18). The van der Waals surface area contributed by atoms with E-state index in [-0.39, 0.29) is 29.6 Å². The number of hydrogen-bond acceptors (Lipinski definition) is 3. The van der Waals surface area contributed by atoms with Crippen LogP contribution in [-0.2, 0) is 4.79 Å². The van der Waals surface area contributed by atoms with Crippen LogP contribution < -0.4 is 5.32 Å². The monoisotopic (exact) mass is 273 g/mol. The third kappa shape index (κ3) is 3.96. The number of pyridine rings is 1. The van der Waals surface area contributed by atoms with Crippen molar-refractivity contribution in [3.8, 4) is 0 Å². The van der Waals surface area contributed by atoms with Crippen molar-refractivity contribution in [3.63, 3.8) is 0 Å². The Kier molecular flexibility index (Phi) is 5.03. The smallest absolute Gasteiger partial charge is 0.254 e. The van der Waals surface area contributed by atoms with E-state index in [1.54, 1.807) is 14.1 Å². The molecule has 0 spiro atoms. The minimum absolute atomic E-state index is 0.0473. The van der Waals surface area contributed by atoms with Crippen molar-refractivity contribution in [3.05, 3.63) is 28.8 Å². The molecule has 0 unspecified atom stereocenters. The summed E-state index contributed by atoms with van der Waals surface area (Å²) in [5, 5.41) is 2.40. The molecule has 0 bridgehead atoms. The summed E-state index contributed by atoms with van der Waals surface area (Å²) in [6, 6.07) is 0.998. The van der Waals surface area contributed by atoms with E-state index >= 15 is 0 Å². The van der Waals surface area contributed by atoms with Gasteiger partial charge in [-0.2, -0.15) is 0 Å². The van der Waals surface area contributed by atoms with E-state index in [0.717, 1.165) is 12.3 Å². The van der Waals surface area contributed by atoms with Crippen LogP contribution in [0.4, 0.5) is 4.39 Å². The first-order valence-electron chi connectivity index (χ1n) is 5.21. The first kappa shape index (κ1) is 14.4. The highest BCUT2D eigenvalue weighted by molar-refractivity contribution is 6.32. The van der Waals surface area contributed by atoms with Gasteiger partial charge in [0.15, 0.2) is 0 Å². The van der Waals surface area contributed by atoms with Gasteiger partial charge in [0.2, 0.25) is 5.91 Å². The SMILES string of the molecule is CN(C)C(=O)CCNC(=O)c1cc(F)cnc1Cl. The minimum Gasteiger partial charge on any atom is -0.351 e. The number of rotatable bonds is 4. The van der Waals surface area contributed by atoms with Crippen LogP contribution in [0.2, 0.25) is 5.15 Å². The van der Waals surface area contributed by atoms with Gasteiger partial charge in [0.1, 0.15) is 11.0 Å². The van der Waals surface area contributed by atoms with Crippen molar-refractivity contribution >= 4 is 23.4 Å². The molecule has 0 aliphatic rings. The van der Waals surface area contributed by atoms with Crippen molar-refractivity contribution in [2.75, 3.05) is 20.6 Å². The molecule has 0 saturated carbocycles. The molecule has 18 heavy (non-hydrogen) atoms. The molecule has 0 fully saturated rings. The maximum absolute atomic E-state index is 12.9. The number of nitrogens with zero attached hydrogens (tertiary/aromatic N) is 2. The summed E-state index contributed by atoms with van der Waals surface area (Å²) in [4.78, 5) is 27.8. The number of aromatic nitrogens is 1. The van der Waals surface area contributed by atoms with E-state index in [9.17, 15) is 14.0 Å². The summed E-state index contributed by atoms with van der Waals surface area (Å²) in [5.74, 6) is -1.31. The molecule has 0 atom stereocenters. The van der Waals surface area contributed by atoms with E-state index in [0.29, 0.717) is 0 Å². The van der Waals surface area contributed by atoms with Crippen molar-refractivity contribution in [1.82, 2.24) is 15.2 Å². The molecular weight excluding hydrogens is 261 g/mol. The normalized spacial score (nSPS) is 10.0. The molecule has 1 aromatic heterocycles. The molecule has 7 heteroatoms. The quantitative estimate of drug-likeness (QED) is 0.835. The van der Waals surface area contributed by atoms with Crippen LogP contribution >= 0.6 is 11.6 Å². The molecule has 1 heterocycles. The van der Waals surface area contributed by atoms with Gasteiger partial charge >= 0.3 is 0 Å². The summed E-state index contributed by atoms with van der Waals surface area (Å²) >= 11 is 5.67.